The Balaban J connectivity index is 2.14. The second-order valence-corrected chi connectivity index (χ2v) is 7.15. The maximum absolute atomic E-state index is 13.3. The summed E-state index contributed by atoms with van der Waals surface area (Å²) in [5.74, 6) is 6.27. The predicted molar refractivity (Wildman–Crippen MR) is 116 cm³/mol. The largest absolute Gasteiger partial charge is 0.497 e. The van der Waals surface area contributed by atoms with Crippen LogP contribution in [0.2, 0.25) is 0 Å². The molecule has 0 atom stereocenters. The SMILES string of the molecule is COc1ccc(-c2cn3cc(C#CCCO)cc3c(=O)n2CC(=O)NC(C)C)cc1. The lowest BCUT2D eigenvalue weighted by Gasteiger charge is -2.15. The second-order valence-electron chi connectivity index (χ2n) is 7.15. The molecule has 7 nitrogen and oxygen atoms in total. The van der Waals surface area contributed by atoms with Crippen LogP contribution in [0.5, 0.6) is 5.75 Å². The first kappa shape index (κ1) is 21.2. The van der Waals surface area contributed by atoms with Crippen LogP contribution in [-0.4, -0.2) is 39.7 Å². The van der Waals surface area contributed by atoms with E-state index in [4.69, 9.17) is 9.84 Å². The highest BCUT2D eigenvalue weighted by molar-refractivity contribution is 5.77. The number of methoxy groups -OCH3 is 1. The molecule has 0 aliphatic rings. The lowest BCUT2D eigenvalue weighted by molar-refractivity contribution is -0.122. The van der Waals surface area contributed by atoms with Gasteiger partial charge in [0.15, 0.2) is 0 Å². The minimum atomic E-state index is -0.280. The zero-order valence-electron chi connectivity index (χ0n) is 17.3. The molecule has 0 spiro atoms. The number of fused-ring (bicyclic) bond motifs is 1. The van der Waals surface area contributed by atoms with E-state index >= 15 is 0 Å². The molecule has 2 heterocycles. The number of aromatic nitrogens is 2. The Bertz CT molecular complexity index is 1160. The van der Waals surface area contributed by atoms with Crippen molar-refractivity contribution < 1.29 is 14.6 Å². The predicted octanol–water partition coefficient (Wildman–Crippen LogP) is 2.04. The maximum Gasteiger partial charge on any atom is 0.275 e. The van der Waals surface area contributed by atoms with Crippen molar-refractivity contribution in [1.29, 1.82) is 0 Å². The number of aliphatic hydroxyl groups excluding tert-OH is 1. The van der Waals surface area contributed by atoms with Crippen molar-refractivity contribution in [3.8, 4) is 28.8 Å². The summed E-state index contributed by atoms with van der Waals surface area (Å²) in [7, 11) is 1.59. The molecule has 156 valence electrons. The number of hydrogen-bond donors (Lipinski definition) is 2. The molecule has 3 rings (SSSR count). The van der Waals surface area contributed by atoms with Gasteiger partial charge in [0.2, 0.25) is 5.91 Å². The summed E-state index contributed by atoms with van der Waals surface area (Å²) >= 11 is 0. The lowest BCUT2D eigenvalue weighted by Crippen LogP contribution is -2.36. The molecule has 0 saturated heterocycles. The quantitative estimate of drug-likeness (QED) is 0.613. The van der Waals surface area contributed by atoms with E-state index in [1.165, 1.54) is 4.57 Å². The van der Waals surface area contributed by atoms with Gasteiger partial charge in [-0.3, -0.25) is 14.2 Å². The molecule has 0 saturated carbocycles. The van der Waals surface area contributed by atoms with E-state index in [9.17, 15) is 9.59 Å². The van der Waals surface area contributed by atoms with Gasteiger partial charge in [-0.05, 0) is 44.2 Å². The smallest absolute Gasteiger partial charge is 0.275 e. The van der Waals surface area contributed by atoms with Gasteiger partial charge in [-0.15, -0.1) is 0 Å². The summed E-state index contributed by atoms with van der Waals surface area (Å²) in [6, 6.07) is 8.99. The number of amides is 1. The molecular formula is C23H25N3O4. The van der Waals surface area contributed by atoms with Crippen molar-refractivity contribution in [3.05, 3.63) is 58.6 Å². The van der Waals surface area contributed by atoms with Crippen LogP contribution in [0.4, 0.5) is 0 Å². The molecule has 0 bridgehead atoms. The van der Waals surface area contributed by atoms with Crippen molar-refractivity contribution in [3.63, 3.8) is 0 Å². The van der Waals surface area contributed by atoms with Gasteiger partial charge < -0.3 is 19.6 Å². The number of carbonyl (C=O) groups excluding carboxylic acids is 1. The fraction of sp³-hybridized carbons (Fsp3) is 0.304. The van der Waals surface area contributed by atoms with Gasteiger partial charge in [-0.2, -0.15) is 0 Å². The molecule has 30 heavy (non-hydrogen) atoms. The average Bonchev–Trinajstić information content (AvgIpc) is 3.13. The fourth-order valence-corrected chi connectivity index (χ4v) is 3.16. The van der Waals surface area contributed by atoms with Gasteiger partial charge >= 0.3 is 0 Å². The van der Waals surface area contributed by atoms with E-state index in [2.05, 4.69) is 17.2 Å². The van der Waals surface area contributed by atoms with E-state index in [0.717, 1.165) is 5.56 Å². The number of carbonyl (C=O) groups is 1. The van der Waals surface area contributed by atoms with Crippen molar-refractivity contribution in [2.45, 2.75) is 32.9 Å². The third kappa shape index (κ3) is 4.73. The number of nitrogens with zero attached hydrogens (tertiary/aromatic N) is 2. The molecule has 2 aromatic heterocycles. The van der Waals surface area contributed by atoms with Crippen molar-refractivity contribution >= 4 is 11.4 Å². The van der Waals surface area contributed by atoms with E-state index in [1.54, 1.807) is 23.8 Å². The van der Waals surface area contributed by atoms with Gasteiger partial charge in [-0.1, -0.05) is 11.8 Å². The third-order valence-electron chi connectivity index (χ3n) is 4.47. The topological polar surface area (TPSA) is 85.0 Å². The van der Waals surface area contributed by atoms with E-state index in [-0.39, 0.29) is 30.7 Å². The Labute approximate surface area is 174 Å². The van der Waals surface area contributed by atoms with Crippen LogP contribution in [0, 0.1) is 11.8 Å². The second kappa shape index (κ2) is 9.33. The van der Waals surface area contributed by atoms with Gasteiger partial charge in [0.1, 0.15) is 17.8 Å². The van der Waals surface area contributed by atoms with Crippen LogP contribution in [0.1, 0.15) is 25.8 Å². The Morgan fingerprint density at radius 3 is 2.60 bits per heavy atom. The van der Waals surface area contributed by atoms with Crippen LogP contribution >= 0.6 is 0 Å². The monoisotopic (exact) mass is 407 g/mol. The Kier molecular flexibility index (Phi) is 6.60. The number of hydrogen-bond acceptors (Lipinski definition) is 4. The van der Waals surface area contributed by atoms with Crippen LogP contribution in [0.15, 0.2) is 47.5 Å². The van der Waals surface area contributed by atoms with Gasteiger partial charge in [0.05, 0.1) is 19.4 Å². The first-order chi connectivity index (χ1) is 14.4. The van der Waals surface area contributed by atoms with Gasteiger partial charge in [0, 0.05) is 36.0 Å². The molecule has 0 fully saturated rings. The van der Waals surface area contributed by atoms with Crippen LogP contribution in [0.25, 0.3) is 16.8 Å². The number of nitrogens with one attached hydrogen (secondary N) is 1. The summed E-state index contributed by atoms with van der Waals surface area (Å²) in [5.41, 5.74) is 2.22. The molecule has 0 aliphatic heterocycles. The molecule has 1 amide bonds. The van der Waals surface area contributed by atoms with Crippen molar-refractivity contribution in [2.24, 2.45) is 0 Å². The van der Waals surface area contributed by atoms with Crippen molar-refractivity contribution in [1.82, 2.24) is 14.3 Å². The van der Waals surface area contributed by atoms with Crippen LogP contribution in [-0.2, 0) is 11.3 Å². The number of aliphatic hydroxyl groups is 1. The van der Waals surface area contributed by atoms with Crippen LogP contribution < -0.4 is 15.6 Å². The number of rotatable bonds is 6. The molecule has 3 aromatic rings. The highest BCUT2D eigenvalue weighted by Crippen LogP contribution is 2.22. The Hall–Kier alpha value is -3.50. The molecule has 0 unspecified atom stereocenters. The molecule has 2 N–H and O–H groups in total. The van der Waals surface area contributed by atoms with E-state index in [1.807, 2.05) is 44.3 Å². The first-order valence-electron chi connectivity index (χ1n) is 9.72. The van der Waals surface area contributed by atoms with Gasteiger partial charge in [0.25, 0.3) is 5.56 Å². The fourth-order valence-electron chi connectivity index (χ4n) is 3.16. The number of ether oxygens (including phenoxy) is 1. The maximum atomic E-state index is 13.3. The lowest BCUT2D eigenvalue weighted by atomic mass is 10.1. The minimum Gasteiger partial charge on any atom is -0.497 e. The molecule has 0 aliphatic carbocycles. The standard InChI is InChI=1S/C23H25N3O4/c1-16(2)24-22(28)15-26-21(18-7-9-19(30-3)10-8-18)14-25-13-17(6-4-5-11-27)12-20(25)23(26)29/h7-10,12-14,16,27H,5,11,15H2,1-3H3,(H,24,28). The highest BCUT2D eigenvalue weighted by Gasteiger charge is 2.16. The zero-order chi connectivity index (χ0) is 21.7. The van der Waals surface area contributed by atoms with E-state index < -0.39 is 0 Å². The highest BCUT2D eigenvalue weighted by atomic mass is 16.5. The van der Waals surface area contributed by atoms with Crippen LogP contribution in [0.3, 0.4) is 0 Å². The van der Waals surface area contributed by atoms with Crippen molar-refractivity contribution in [2.75, 3.05) is 13.7 Å². The molecule has 0 radical (unpaired) electrons. The summed E-state index contributed by atoms with van der Waals surface area (Å²) in [6.45, 7) is 3.64. The minimum absolute atomic E-state index is 0.0141. The Morgan fingerprint density at radius 2 is 1.97 bits per heavy atom. The van der Waals surface area contributed by atoms with E-state index in [0.29, 0.717) is 28.9 Å². The third-order valence-corrected chi connectivity index (χ3v) is 4.47. The average molecular weight is 407 g/mol. The summed E-state index contributed by atoms with van der Waals surface area (Å²) in [4.78, 5) is 25.7. The summed E-state index contributed by atoms with van der Waals surface area (Å²) in [6.07, 6.45) is 3.95. The summed E-state index contributed by atoms with van der Waals surface area (Å²) in [5, 5.41) is 11.7. The first-order valence-corrected chi connectivity index (χ1v) is 9.72. The Morgan fingerprint density at radius 1 is 1.23 bits per heavy atom. The normalized spacial score (nSPS) is 10.7. The summed E-state index contributed by atoms with van der Waals surface area (Å²) < 4.78 is 8.41. The number of benzene rings is 1. The molecular weight excluding hydrogens is 382 g/mol. The molecule has 1 aromatic carbocycles. The zero-order valence-corrected chi connectivity index (χ0v) is 17.3. The van der Waals surface area contributed by atoms with Gasteiger partial charge in [-0.25, -0.2) is 0 Å². The molecule has 7 heteroatoms.